The van der Waals surface area contributed by atoms with E-state index in [-0.39, 0.29) is 22.8 Å². The largest absolute Gasteiger partial charge is 0.352 e. The predicted molar refractivity (Wildman–Crippen MR) is 149 cm³/mol. The Morgan fingerprint density at radius 2 is 1.58 bits per heavy atom. The van der Waals surface area contributed by atoms with Gasteiger partial charge in [0, 0.05) is 31.2 Å². The Labute approximate surface area is 224 Å². The first-order chi connectivity index (χ1) is 18.4. The van der Waals surface area contributed by atoms with E-state index in [0.717, 1.165) is 16.7 Å². The van der Waals surface area contributed by atoms with Gasteiger partial charge in [0.1, 0.15) is 0 Å². The molecular weight excluding hydrogens is 498 g/mol. The topological polar surface area (TPSA) is 95.6 Å². The summed E-state index contributed by atoms with van der Waals surface area (Å²) < 4.78 is 27.8. The minimum Gasteiger partial charge on any atom is -0.352 e. The van der Waals surface area contributed by atoms with Gasteiger partial charge >= 0.3 is 0 Å². The number of nitrogens with zero attached hydrogens (tertiary/aromatic N) is 1. The van der Waals surface area contributed by atoms with Crippen LogP contribution in [0.2, 0.25) is 0 Å². The van der Waals surface area contributed by atoms with Gasteiger partial charge in [-0.05, 0) is 72.7 Å². The third kappa shape index (κ3) is 6.96. The molecule has 1 fully saturated rings. The lowest BCUT2D eigenvalue weighted by Crippen LogP contribution is -2.36. The fourth-order valence-corrected chi connectivity index (χ4v) is 6.05. The second-order valence-corrected chi connectivity index (χ2v) is 11.3. The summed E-state index contributed by atoms with van der Waals surface area (Å²) in [6.07, 6.45) is 3.81. The van der Waals surface area contributed by atoms with Gasteiger partial charge in [0.2, 0.25) is 15.9 Å². The van der Waals surface area contributed by atoms with E-state index in [2.05, 4.69) is 53.6 Å². The van der Waals surface area contributed by atoms with Gasteiger partial charge in [0.25, 0.3) is 5.91 Å². The van der Waals surface area contributed by atoms with Gasteiger partial charge in [0.05, 0.1) is 4.90 Å². The molecular formula is C30H33N3O4S. The first kappa shape index (κ1) is 27.3. The number of carbonyl (C=O) groups is 2. The number of rotatable bonds is 9. The van der Waals surface area contributed by atoms with E-state index in [9.17, 15) is 18.0 Å². The molecule has 4 rings (SSSR count). The van der Waals surface area contributed by atoms with Crippen LogP contribution in [0.1, 0.15) is 35.2 Å². The van der Waals surface area contributed by atoms with Crippen LogP contribution in [-0.4, -0.2) is 50.2 Å². The number of hydrogen-bond donors (Lipinski definition) is 2. The lowest BCUT2D eigenvalue weighted by atomic mass is 10.0. The minimum absolute atomic E-state index is 0.0754. The van der Waals surface area contributed by atoms with E-state index in [1.54, 1.807) is 12.1 Å². The zero-order chi connectivity index (χ0) is 27.0. The molecule has 1 unspecified atom stereocenters. The molecule has 0 radical (unpaired) electrons. The standard InChI is InChI=1S/C30H33N3O4S/c1-2-29(34)32-27-9-6-21-33(22-19-27)38(36,37)28-16-14-26(15-17-28)30(35)31-20-18-23-10-12-25(13-11-23)24-7-4-3-5-8-24/h2-5,7-8,10-17,27H,1,6,9,18-22H2,(H,31,35)(H,32,34). The Hall–Kier alpha value is -3.75. The van der Waals surface area contributed by atoms with Crippen LogP contribution in [0.5, 0.6) is 0 Å². The molecule has 1 heterocycles. The predicted octanol–water partition coefficient (Wildman–Crippen LogP) is 4.17. The molecule has 0 spiro atoms. The van der Waals surface area contributed by atoms with Crippen molar-refractivity contribution in [3.05, 3.63) is 103 Å². The molecule has 1 atom stereocenters. The van der Waals surface area contributed by atoms with Crippen molar-refractivity contribution in [2.45, 2.75) is 36.6 Å². The van der Waals surface area contributed by atoms with Crippen molar-refractivity contribution in [1.29, 1.82) is 0 Å². The summed E-state index contributed by atoms with van der Waals surface area (Å²) in [4.78, 5) is 24.4. The average Bonchev–Trinajstić information content (AvgIpc) is 3.20. The molecule has 38 heavy (non-hydrogen) atoms. The van der Waals surface area contributed by atoms with Crippen molar-refractivity contribution in [2.24, 2.45) is 0 Å². The van der Waals surface area contributed by atoms with Gasteiger partial charge in [0.15, 0.2) is 0 Å². The smallest absolute Gasteiger partial charge is 0.251 e. The summed E-state index contributed by atoms with van der Waals surface area (Å²) in [5.74, 6) is -0.494. The zero-order valence-corrected chi connectivity index (χ0v) is 22.1. The van der Waals surface area contributed by atoms with Gasteiger partial charge in [-0.15, -0.1) is 0 Å². The summed E-state index contributed by atoms with van der Waals surface area (Å²) in [6, 6.07) is 24.4. The van der Waals surface area contributed by atoms with E-state index in [1.807, 2.05) is 18.2 Å². The highest BCUT2D eigenvalue weighted by atomic mass is 32.2. The number of sulfonamides is 1. The Bertz CT molecular complexity index is 1350. The van der Waals surface area contributed by atoms with Crippen LogP contribution in [0.3, 0.4) is 0 Å². The Morgan fingerprint density at radius 3 is 2.26 bits per heavy atom. The number of nitrogens with one attached hydrogen (secondary N) is 2. The lowest BCUT2D eigenvalue weighted by molar-refractivity contribution is -0.117. The second kappa shape index (κ2) is 12.7. The van der Waals surface area contributed by atoms with Crippen molar-refractivity contribution in [3.63, 3.8) is 0 Å². The normalized spacial score (nSPS) is 16.3. The zero-order valence-electron chi connectivity index (χ0n) is 21.3. The van der Waals surface area contributed by atoms with Gasteiger partial charge in [-0.3, -0.25) is 9.59 Å². The molecule has 1 aliphatic heterocycles. The molecule has 3 aromatic carbocycles. The third-order valence-electron chi connectivity index (χ3n) is 6.73. The maximum absolute atomic E-state index is 13.2. The highest BCUT2D eigenvalue weighted by Gasteiger charge is 2.28. The summed E-state index contributed by atoms with van der Waals surface area (Å²) in [7, 11) is -3.69. The summed E-state index contributed by atoms with van der Waals surface area (Å²) in [5, 5.41) is 5.76. The number of carbonyl (C=O) groups excluding carboxylic acids is 2. The Balaban J connectivity index is 1.29. The van der Waals surface area contributed by atoms with E-state index in [4.69, 9.17) is 0 Å². The van der Waals surface area contributed by atoms with Crippen LogP contribution in [0.25, 0.3) is 11.1 Å². The molecule has 198 valence electrons. The van der Waals surface area contributed by atoms with Crippen molar-refractivity contribution in [2.75, 3.05) is 19.6 Å². The summed E-state index contributed by atoms with van der Waals surface area (Å²) in [5.41, 5.74) is 3.84. The first-order valence-electron chi connectivity index (χ1n) is 12.8. The molecule has 8 heteroatoms. The molecule has 1 saturated heterocycles. The van der Waals surface area contributed by atoms with Crippen molar-refractivity contribution in [1.82, 2.24) is 14.9 Å². The fraction of sp³-hybridized carbons (Fsp3) is 0.267. The van der Waals surface area contributed by atoms with Crippen LogP contribution in [0, 0.1) is 0 Å². The van der Waals surface area contributed by atoms with Crippen LogP contribution < -0.4 is 10.6 Å². The van der Waals surface area contributed by atoms with E-state index >= 15 is 0 Å². The van der Waals surface area contributed by atoms with Gasteiger partial charge < -0.3 is 10.6 Å². The number of hydrogen-bond acceptors (Lipinski definition) is 4. The summed E-state index contributed by atoms with van der Waals surface area (Å²) >= 11 is 0. The monoisotopic (exact) mass is 531 g/mol. The van der Waals surface area contributed by atoms with Crippen molar-refractivity contribution >= 4 is 21.8 Å². The molecule has 0 bridgehead atoms. The molecule has 0 saturated carbocycles. The minimum atomic E-state index is -3.69. The molecule has 1 aliphatic rings. The molecule has 0 aromatic heterocycles. The SMILES string of the molecule is C=CC(=O)NC1CCCN(S(=O)(=O)c2ccc(C(=O)NCCc3ccc(-c4ccccc4)cc3)cc2)CC1. The van der Waals surface area contributed by atoms with Gasteiger partial charge in [-0.2, -0.15) is 4.31 Å². The van der Waals surface area contributed by atoms with Crippen LogP contribution in [0.4, 0.5) is 0 Å². The molecule has 0 aliphatic carbocycles. The van der Waals surface area contributed by atoms with Crippen LogP contribution in [-0.2, 0) is 21.2 Å². The van der Waals surface area contributed by atoms with Crippen LogP contribution in [0.15, 0.2) is 96.4 Å². The Morgan fingerprint density at radius 1 is 0.895 bits per heavy atom. The van der Waals surface area contributed by atoms with E-state index < -0.39 is 10.0 Å². The number of amides is 2. The second-order valence-electron chi connectivity index (χ2n) is 9.34. The molecule has 3 aromatic rings. The molecule has 2 amide bonds. The maximum atomic E-state index is 13.2. The maximum Gasteiger partial charge on any atom is 0.251 e. The average molecular weight is 532 g/mol. The highest BCUT2D eigenvalue weighted by molar-refractivity contribution is 7.89. The van der Waals surface area contributed by atoms with Crippen molar-refractivity contribution < 1.29 is 18.0 Å². The lowest BCUT2D eigenvalue weighted by Gasteiger charge is -2.20. The quantitative estimate of drug-likeness (QED) is 0.405. The molecule has 7 nitrogen and oxygen atoms in total. The fourth-order valence-electron chi connectivity index (χ4n) is 4.56. The van der Waals surface area contributed by atoms with E-state index in [0.29, 0.717) is 50.9 Å². The van der Waals surface area contributed by atoms with Crippen LogP contribution >= 0.6 is 0 Å². The molecule has 2 N–H and O–H groups in total. The number of benzene rings is 3. The Kier molecular flexibility index (Phi) is 9.10. The van der Waals surface area contributed by atoms with Gasteiger partial charge in [-0.25, -0.2) is 8.42 Å². The van der Waals surface area contributed by atoms with E-state index in [1.165, 1.54) is 22.5 Å². The highest BCUT2D eigenvalue weighted by Crippen LogP contribution is 2.22. The first-order valence-corrected chi connectivity index (χ1v) is 14.3. The third-order valence-corrected chi connectivity index (χ3v) is 8.65. The summed E-state index contributed by atoms with van der Waals surface area (Å²) in [6.45, 7) is 4.64. The van der Waals surface area contributed by atoms with Gasteiger partial charge in [-0.1, -0.05) is 61.2 Å². The van der Waals surface area contributed by atoms with Crippen molar-refractivity contribution in [3.8, 4) is 11.1 Å².